The van der Waals surface area contributed by atoms with E-state index < -0.39 is 6.16 Å². The third-order valence-corrected chi connectivity index (χ3v) is 1.30. The molecule has 0 N–H and O–H groups in total. The number of hydrogen-bond acceptors (Lipinski definition) is 5. The molecule has 70 valence electrons. The molecule has 1 rings (SSSR count). The molecule has 0 atom stereocenters. The number of aromatic nitrogens is 2. The van der Waals surface area contributed by atoms with E-state index in [1.54, 1.807) is 19.9 Å². The van der Waals surface area contributed by atoms with Crippen molar-refractivity contribution in [2.45, 2.75) is 13.8 Å². The van der Waals surface area contributed by atoms with Crippen LogP contribution in [0.25, 0.3) is 0 Å². The molecule has 0 aliphatic rings. The van der Waals surface area contributed by atoms with Crippen LogP contribution in [0.3, 0.4) is 0 Å². The van der Waals surface area contributed by atoms with E-state index in [1.807, 2.05) is 0 Å². The molecular weight excluding hydrogens is 172 g/mol. The highest BCUT2D eigenvalue weighted by Crippen LogP contribution is 2.06. The number of carbonyl (C=O) groups is 1. The minimum absolute atomic E-state index is 0.0179. The Morgan fingerprint density at radius 1 is 1.31 bits per heavy atom. The van der Waals surface area contributed by atoms with Crippen molar-refractivity contribution in [3.8, 4) is 6.01 Å². The summed E-state index contributed by atoms with van der Waals surface area (Å²) in [5.74, 6) is 0. The van der Waals surface area contributed by atoms with Gasteiger partial charge in [-0.25, -0.2) is 14.8 Å². The molecular formula is C8H10N2O3. The Balaban J connectivity index is 2.83. The monoisotopic (exact) mass is 182 g/mol. The summed E-state index contributed by atoms with van der Waals surface area (Å²) in [6, 6.07) is 1.80. The summed E-state index contributed by atoms with van der Waals surface area (Å²) >= 11 is 0. The van der Waals surface area contributed by atoms with Gasteiger partial charge in [0.15, 0.2) is 0 Å². The minimum Gasteiger partial charge on any atom is -0.437 e. The van der Waals surface area contributed by atoms with Gasteiger partial charge in [-0.05, 0) is 19.9 Å². The maximum Gasteiger partial charge on any atom is 0.516 e. The highest BCUT2D eigenvalue weighted by atomic mass is 16.7. The standard InChI is InChI=1S/C8H10N2O3/c1-5-4-6(2)10-7(9-5)13-8(11)12-3/h4H,1-3H3. The summed E-state index contributed by atoms with van der Waals surface area (Å²) in [4.78, 5) is 18.5. The summed E-state index contributed by atoms with van der Waals surface area (Å²) < 4.78 is 8.93. The van der Waals surface area contributed by atoms with Gasteiger partial charge in [0, 0.05) is 11.4 Å². The Kier molecular flexibility index (Phi) is 2.79. The van der Waals surface area contributed by atoms with Crippen LogP contribution in [-0.2, 0) is 4.74 Å². The van der Waals surface area contributed by atoms with Crippen LogP contribution in [0.5, 0.6) is 6.01 Å². The molecule has 0 aromatic carbocycles. The van der Waals surface area contributed by atoms with Crippen LogP contribution >= 0.6 is 0 Å². The average molecular weight is 182 g/mol. The lowest BCUT2D eigenvalue weighted by atomic mass is 10.4. The largest absolute Gasteiger partial charge is 0.516 e. The second-order valence-electron chi connectivity index (χ2n) is 2.49. The van der Waals surface area contributed by atoms with Crippen molar-refractivity contribution in [1.29, 1.82) is 0 Å². The van der Waals surface area contributed by atoms with Crippen molar-refractivity contribution >= 4 is 6.16 Å². The topological polar surface area (TPSA) is 61.3 Å². The number of ether oxygens (including phenoxy) is 2. The molecule has 5 heteroatoms. The van der Waals surface area contributed by atoms with Gasteiger partial charge in [-0.15, -0.1) is 0 Å². The maximum atomic E-state index is 10.7. The first-order valence-corrected chi connectivity index (χ1v) is 3.70. The molecule has 0 saturated heterocycles. The predicted molar refractivity (Wildman–Crippen MR) is 44.5 cm³/mol. The van der Waals surface area contributed by atoms with E-state index in [1.165, 1.54) is 7.11 Å². The molecule has 5 nitrogen and oxygen atoms in total. The summed E-state index contributed by atoms with van der Waals surface area (Å²) in [7, 11) is 1.23. The van der Waals surface area contributed by atoms with Crippen molar-refractivity contribution in [3.63, 3.8) is 0 Å². The van der Waals surface area contributed by atoms with Gasteiger partial charge in [0.05, 0.1) is 7.11 Å². The number of nitrogens with zero attached hydrogens (tertiary/aromatic N) is 2. The first-order chi connectivity index (χ1) is 6.11. The highest BCUT2D eigenvalue weighted by molar-refractivity contribution is 5.62. The van der Waals surface area contributed by atoms with Crippen molar-refractivity contribution in [2.75, 3.05) is 7.11 Å². The lowest BCUT2D eigenvalue weighted by Gasteiger charge is -2.01. The fourth-order valence-electron chi connectivity index (χ4n) is 0.855. The normalized spacial score (nSPS) is 9.46. The van der Waals surface area contributed by atoms with E-state index in [9.17, 15) is 4.79 Å². The molecule has 0 aliphatic heterocycles. The molecule has 0 radical (unpaired) electrons. The van der Waals surface area contributed by atoms with E-state index in [0.29, 0.717) is 0 Å². The number of aryl methyl sites for hydroxylation is 2. The van der Waals surface area contributed by atoms with Crippen molar-refractivity contribution in [1.82, 2.24) is 9.97 Å². The van der Waals surface area contributed by atoms with Crippen LogP contribution in [-0.4, -0.2) is 23.2 Å². The lowest BCUT2D eigenvalue weighted by molar-refractivity contribution is 0.117. The molecule has 0 unspecified atom stereocenters. The van der Waals surface area contributed by atoms with E-state index in [-0.39, 0.29) is 6.01 Å². The van der Waals surface area contributed by atoms with Gasteiger partial charge >= 0.3 is 12.2 Å². The first kappa shape index (κ1) is 9.44. The van der Waals surface area contributed by atoms with Gasteiger partial charge in [-0.3, -0.25) is 0 Å². The predicted octanol–water partition coefficient (Wildman–Crippen LogP) is 1.24. The average Bonchev–Trinajstić information content (AvgIpc) is 2.02. The van der Waals surface area contributed by atoms with E-state index in [4.69, 9.17) is 0 Å². The molecule has 0 amide bonds. The Hall–Kier alpha value is -1.65. The quantitative estimate of drug-likeness (QED) is 0.611. The van der Waals surface area contributed by atoms with E-state index in [0.717, 1.165) is 11.4 Å². The zero-order chi connectivity index (χ0) is 9.84. The Labute approximate surface area is 75.7 Å². The smallest absolute Gasteiger partial charge is 0.437 e. The van der Waals surface area contributed by atoms with Gasteiger partial charge in [0.1, 0.15) is 0 Å². The molecule has 0 fully saturated rings. The van der Waals surface area contributed by atoms with Crippen LogP contribution in [0.4, 0.5) is 4.79 Å². The maximum absolute atomic E-state index is 10.7. The van der Waals surface area contributed by atoms with Gasteiger partial charge in [0.2, 0.25) is 0 Å². The summed E-state index contributed by atoms with van der Waals surface area (Å²) in [5, 5.41) is 0. The second kappa shape index (κ2) is 3.84. The van der Waals surface area contributed by atoms with Crippen molar-refractivity contribution in [3.05, 3.63) is 17.5 Å². The number of hydrogen-bond donors (Lipinski definition) is 0. The van der Waals surface area contributed by atoms with Gasteiger partial charge in [0.25, 0.3) is 0 Å². The van der Waals surface area contributed by atoms with E-state index >= 15 is 0 Å². The van der Waals surface area contributed by atoms with Crippen molar-refractivity contribution < 1.29 is 14.3 Å². The molecule has 0 spiro atoms. The fourth-order valence-corrected chi connectivity index (χ4v) is 0.855. The molecule has 1 aromatic heterocycles. The fraction of sp³-hybridized carbons (Fsp3) is 0.375. The molecule has 0 bridgehead atoms. The molecule has 0 saturated carbocycles. The Morgan fingerprint density at radius 3 is 2.31 bits per heavy atom. The second-order valence-corrected chi connectivity index (χ2v) is 2.49. The zero-order valence-electron chi connectivity index (χ0n) is 7.70. The van der Waals surface area contributed by atoms with Crippen LogP contribution in [0.15, 0.2) is 6.07 Å². The number of carbonyl (C=O) groups excluding carboxylic acids is 1. The number of methoxy groups -OCH3 is 1. The minimum atomic E-state index is -0.815. The SMILES string of the molecule is COC(=O)Oc1nc(C)cc(C)n1. The first-order valence-electron chi connectivity index (χ1n) is 3.70. The van der Waals surface area contributed by atoms with Crippen LogP contribution in [0.2, 0.25) is 0 Å². The highest BCUT2D eigenvalue weighted by Gasteiger charge is 2.06. The zero-order valence-corrected chi connectivity index (χ0v) is 7.70. The summed E-state index contributed by atoms with van der Waals surface area (Å²) in [6.07, 6.45) is -0.815. The molecule has 1 heterocycles. The third kappa shape index (κ3) is 2.70. The summed E-state index contributed by atoms with van der Waals surface area (Å²) in [6.45, 7) is 3.58. The molecule has 0 aliphatic carbocycles. The van der Waals surface area contributed by atoms with Crippen LogP contribution in [0, 0.1) is 13.8 Å². The molecule has 1 aromatic rings. The van der Waals surface area contributed by atoms with Gasteiger partial charge in [-0.1, -0.05) is 0 Å². The third-order valence-electron chi connectivity index (χ3n) is 1.30. The van der Waals surface area contributed by atoms with Crippen LogP contribution in [0.1, 0.15) is 11.4 Å². The lowest BCUT2D eigenvalue weighted by Crippen LogP contribution is -2.10. The summed E-state index contributed by atoms with van der Waals surface area (Å²) in [5.41, 5.74) is 1.48. The Bertz CT molecular complexity index is 305. The van der Waals surface area contributed by atoms with Crippen molar-refractivity contribution in [2.24, 2.45) is 0 Å². The Morgan fingerprint density at radius 2 is 1.85 bits per heavy atom. The number of rotatable bonds is 1. The van der Waals surface area contributed by atoms with Crippen LogP contribution < -0.4 is 4.74 Å². The van der Waals surface area contributed by atoms with Gasteiger partial charge in [-0.2, -0.15) is 0 Å². The van der Waals surface area contributed by atoms with E-state index in [2.05, 4.69) is 19.4 Å². The molecule has 13 heavy (non-hydrogen) atoms. The van der Waals surface area contributed by atoms with Gasteiger partial charge < -0.3 is 9.47 Å².